The standard InChI is InChI=1S/C37H37FN4O2S/c1-27-9-2-3-10-30(27)26-42-33-13-6-7-14-34(33)45-35(37(42)44)25-28-15-17-29(18-16-28)36(43)39-19-8-20-40-21-23-41(24-22-40)32-12-5-4-11-31(32)38/h2-7,9-18,25H,8,19-24,26H2,1H3,(H,39,43). The highest BCUT2D eigenvalue weighted by molar-refractivity contribution is 8.04. The van der Waals surface area contributed by atoms with Gasteiger partial charge in [0.15, 0.2) is 0 Å². The maximum Gasteiger partial charge on any atom is 0.265 e. The summed E-state index contributed by atoms with van der Waals surface area (Å²) in [6.07, 6.45) is 2.75. The number of aryl methyl sites for hydroxylation is 1. The molecule has 0 bridgehead atoms. The molecule has 230 valence electrons. The van der Waals surface area contributed by atoms with E-state index in [0.717, 1.165) is 66.4 Å². The van der Waals surface area contributed by atoms with Crippen molar-refractivity contribution >= 4 is 41.0 Å². The molecule has 4 aromatic carbocycles. The smallest absolute Gasteiger partial charge is 0.265 e. The number of hydrogen-bond acceptors (Lipinski definition) is 5. The number of nitrogens with zero attached hydrogens (tertiary/aromatic N) is 3. The van der Waals surface area contributed by atoms with Crippen LogP contribution in [0, 0.1) is 12.7 Å². The van der Waals surface area contributed by atoms with Crippen LogP contribution in [0.4, 0.5) is 15.8 Å². The third-order valence-electron chi connectivity index (χ3n) is 8.39. The lowest BCUT2D eigenvalue weighted by atomic mass is 10.1. The zero-order valence-corrected chi connectivity index (χ0v) is 26.2. The molecule has 0 aliphatic carbocycles. The van der Waals surface area contributed by atoms with Crippen molar-refractivity contribution in [1.29, 1.82) is 0 Å². The summed E-state index contributed by atoms with van der Waals surface area (Å²) in [6.45, 7) is 7.35. The zero-order chi connectivity index (χ0) is 31.2. The second-order valence-electron chi connectivity index (χ2n) is 11.4. The van der Waals surface area contributed by atoms with Gasteiger partial charge in [-0.3, -0.25) is 14.5 Å². The number of anilines is 2. The number of fused-ring (bicyclic) bond motifs is 1. The lowest BCUT2D eigenvalue weighted by Gasteiger charge is -2.36. The van der Waals surface area contributed by atoms with E-state index in [1.807, 2.05) is 71.6 Å². The topological polar surface area (TPSA) is 55.9 Å². The van der Waals surface area contributed by atoms with E-state index in [4.69, 9.17) is 0 Å². The summed E-state index contributed by atoms with van der Waals surface area (Å²) in [4.78, 5) is 34.5. The van der Waals surface area contributed by atoms with Crippen LogP contribution in [0.1, 0.15) is 33.5 Å². The van der Waals surface area contributed by atoms with Crippen LogP contribution >= 0.6 is 11.8 Å². The van der Waals surface area contributed by atoms with Crippen molar-refractivity contribution in [3.05, 3.63) is 130 Å². The number of benzene rings is 4. The highest BCUT2D eigenvalue weighted by atomic mass is 32.2. The Balaban J connectivity index is 1.02. The van der Waals surface area contributed by atoms with Crippen LogP contribution in [0.2, 0.25) is 0 Å². The second-order valence-corrected chi connectivity index (χ2v) is 12.5. The maximum absolute atomic E-state index is 14.1. The number of thioether (sulfide) groups is 1. The number of piperazine rings is 1. The highest BCUT2D eigenvalue weighted by Crippen LogP contribution is 2.42. The first-order chi connectivity index (χ1) is 22.0. The van der Waals surface area contributed by atoms with Crippen LogP contribution in [-0.4, -0.2) is 56.0 Å². The molecule has 0 atom stereocenters. The van der Waals surface area contributed by atoms with Gasteiger partial charge in [0, 0.05) is 43.2 Å². The van der Waals surface area contributed by atoms with Crippen molar-refractivity contribution in [2.24, 2.45) is 0 Å². The minimum atomic E-state index is -0.175. The van der Waals surface area contributed by atoms with Crippen LogP contribution in [0.3, 0.4) is 0 Å². The summed E-state index contributed by atoms with van der Waals surface area (Å²) in [7, 11) is 0. The maximum atomic E-state index is 14.1. The first-order valence-electron chi connectivity index (χ1n) is 15.4. The number of carbonyl (C=O) groups excluding carboxylic acids is 2. The van der Waals surface area contributed by atoms with Gasteiger partial charge in [0.1, 0.15) is 5.82 Å². The lowest BCUT2D eigenvalue weighted by molar-refractivity contribution is -0.114. The summed E-state index contributed by atoms with van der Waals surface area (Å²) in [5.74, 6) is -0.316. The van der Waals surface area contributed by atoms with Gasteiger partial charge in [-0.2, -0.15) is 0 Å². The molecule has 0 radical (unpaired) electrons. The molecule has 2 heterocycles. The van der Waals surface area contributed by atoms with E-state index >= 15 is 0 Å². The van der Waals surface area contributed by atoms with Gasteiger partial charge >= 0.3 is 0 Å². The first kappa shape index (κ1) is 30.6. The van der Waals surface area contributed by atoms with Gasteiger partial charge in [-0.25, -0.2) is 4.39 Å². The summed E-state index contributed by atoms with van der Waals surface area (Å²) >= 11 is 1.48. The molecule has 2 aliphatic rings. The Kier molecular flexibility index (Phi) is 9.62. The number of hydrogen-bond donors (Lipinski definition) is 1. The average Bonchev–Trinajstić information content (AvgIpc) is 3.06. The van der Waals surface area contributed by atoms with Crippen LogP contribution < -0.4 is 15.1 Å². The number of carbonyl (C=O) groups is 2. The van der Waals surface area contributed by atoms with E-state index in [9.17, 15) is 14.0 Å². The molecular weight excluding hydrogens is 583 g/mol. The van der Waals surface area contributed by atoms with Crippen LogP contribution in [0.25, 0.3) is 6.08 Å². The first-order valence-corrected chi connectivity index (χ1v) is 16.2. The third-order valence-corrected chi connectivity index (χ3v) is 9.47. The monoisotopic (exact) mass is 620 g/mol. The van der Waals surface area contributed by atoms with Crippen molar-refractivity contribution in [3.8, 4) is 0 Å². The summed E-state index contributed by atoms with van der Waals surface area (Å²) in [5, 5.41) is 3.03. The predicted octanol–water partition coefficient (Wildman–Crippen LogP) is 6.76. The molecule has 8 heteroatoms. The fraction of sp³-hybridized carbons (Fsp3) is 0.243. The molecule has 1 fully saturated rings. The summed E-state index contributed by atoms with van der Waals surface area (Å²) in [6, 6.07) is 30.5. The molecular formula is C37H37FN4O2S. The van der Waals surface area contributed by atoms with Crippen molar-refractivity contribution in [2.45, 2.75) is 24.8 Å². The minimum absolute atomic E-state index is 0.0302. The van der Waals surface area contributed by atoms with Gasteiger partial charge in [-0.05, 0) is 79.1 Å². The molecule has 0 unspecified atom stereocenters. The van der Waals surface area contributed by atoms with Crippen molar-refractivity contribution < 1.29 is 14.0 Å². The molecule has 0 spiro atoms. The molecule has 6 nitrogen and oxygen atoms in total. The number of para-hydroxylation sites is 2. The van der Waals surface area contributed by atoms with E-state index in [-0.39, 0.29) is 17.6 Å². The Labute approximate surface area is 268 Å². The van der Waals surface area contributed by atoms with Gasteiger partial charge in [0.25, 0.3) is 11.8 Å². The van der Waals surface area contributed by atoms with Gasteiger partial charge in [-0.15, -0.1) is 0 Å². The van der Waals surface area contributed by atoms with Crippen LogP contribution in [-0.2, 0) is 11.3 Å². The highest BCUT2D eigenvalue weighted by Gasteiger charge is 2.29. The van der Waals surface area contributed by atoms with E-state index in [0.29, 0.717) is 29.2 Å². The van der Waals surface area contributed by atoms with E-state index in [1.165, 1.54) is 17.8 Å². The fourth-order valence-corrected chi connectivity index (χ4v) is 6.85. The van der Waals surface area contributed by atoms with E-state index < -0.39 is 0 Å². The minimum Gasteiger partial charge on any atom is -0.367 e. The molecule has 1 N–H and O–H groups in total. The number of amides is 2. The van der Waals surface area contributed by atoms with Crippen molar-refractivity contribution in [1.82, 2.24) is 10.2 Å². The Morgan fingerprint density at radius 3 is 2.31 bits per heavy atom. The number of nitrogens with one attached hydrogen (secondary N) is 1. The van der Waals surface area contributed by atoms with E-state index in [2.05, 4.69) is 34.2 Å². The molecule has 0 saturated carbocycles. The number of rotatable bonds is 9. The van der Waals surface area contributed by atoms with Crippen LogP contribution in [0.15, 0.2) is 107 Å². The van der Waals surface area contributed by atoms with Gasteiger partial charge < -0.3 is 15.1 Å². The Morgan fingerprint density at radius 2 is 1.56 bits per heavy atom. The Bertz CT molecular complexity index is 1700. The molecule has 1 saturated heterocycles. The molecule has 4 aromatic rings. The Hall–Kier alpha value is -4.40. The molecule has 2 amide bonds. The van der Waals surface area contributed by atoms with Gasteiger partial charge in [-0.1, -0.05) is 72.4 Å². The molecule has 6 rings (SSSR count). The molecule has 2 aliphatic heterocycles. The second kappa shape index (κ2) is 14.1. The SMILES string of the molecule is Cc1ccccc1CN1C(=O)C(=Cc2ccc(C(=O)NCCCN3CCN(c4ccccc4F)CC3)cc2)Sc2ccccc21. The fourth-order valence-electron chi connectivity index (χ4n) is 5.79. The Morgan fingerprint density at radius 1 is 0.867 bits per heavy atom. The third kappa shape index (κ3) is 7.30. The van der Waals surface area contributed by atoms with Crippen LogP contribution in [0.5, 0.6) is 0 Å². The normalized spacial score (nSPS) is 16.1. The largest absolute Gasteiger partial charge is 0.367 e. The quantitative estimate of drug-likeness (QED) is 0.166. The summed E-state index contributed by atoms with van der Waals surface area (Å²) in [5.41, 5.74) is 5.31. The molecule has 45 heavy (non-hydrogen) atoms. The van der Waals surface area contributed by atoms with Crippen molar-refractivity contribution in [2.75, 3.05) is 49.1 Å². The molecule has 0 aromatic heterocycles. The van der Waals surface area contributed by atoms with E-state index in [1.54, 1.807) is 18.2 Å². The number of halogens is 1. The van der Waals surface area contributed by atoms with Gasteiger partial charge in [0.2, 0.25) is 0 Å². The predicted molar refractivity (Wildman–Crippen MR) is 181 cm³/mol. The van der Waals surface area contributed by atoms with Gasteiger partial charge in [0.05, 0.1) is 22.8 Å². The lowest BCUT2D eigenvalue weighted by Crippen LogP contribution is -2.47. The van der Waals surface area contributed by atoms with Crippen molar-refractivity contribution in [3.63, 3.8) is 0 Å². The zero-order valence-electron chi connectivity index (χ0n) is 25.4. The average molecular weight is 621 g/mol. The summed E-state index contributed by atoms with van der Waals surface area (Å²) < 4.78 is 14.1.